The number of nitrogens with one attached hydrogen (secondary N) is 1. The van der Waals surface area contributed by atoms with Gasteiger partial charge in [-0.05, 0) is 45.6 Å². The number of rotatable bonds is 4. The first-order chi connectivity index (χ1) is 7.58. The first-order valence-corrected chi connectivity index (χ1v) is 6.09. The third-order valence-electron chi connectivity index (χ3n) is 3.15. The van der Waals surface area contributed by atoms with Crippen molar-refractivity contribution in [2.75, 3.05) is 13.7 Å². The standard InChI is InChI=1S/C13H23NO2/c1-5-16-13(15)12(14-4)11-7-9(2)6-10(3)8-11/h6,9,11-12,14H,5,7-8H2,1-4H3. The van der Waals surface area contributed by atoms with Gasteiger partial charge in [0.1, 0.15) is 6.04 Å². The minimum atomic E-state index is -0.161. The van der Waals surface area contributed by atoms with Crippen LogP contribution in [0.5, 0.6) is 0 Å². The van der Waals surface area contributed by atoms with Crippen LogP contribution in [-0.4, -0.2) is 25.7 Å². The van der Waals surface area contributed by atoms with E-state index in [2.05, 4.69) is 25.2 Å². The Bertz CT molecular complexity index is 273. The van der Waals surface area contributed by atoms with Gasteiger partial charge in [-0.2, -0.15) is 0 Å². The monoisotopic (exact) mass is 225 g/mol. The zero-order valence-corrected chi connectivity index (χ0v) is 10.7. The Morgan fingerprint density at radius 1 is 1.69 bits per heavy atom. The predicted octanol–water partition coefficient (Wildman–Crippen LogP) is 2.13. The summed E-state index contributed by atoms with van der Waals surface area (Å²) >= 11 is 0. The maximum absolute atomic E-state index is 11.8. The van der Waals surface area contributed by atoms with Gasteiger partial charge in [0.05, 0.1) is 6.61 Å². The second kappa shape index (κ2) is 6.04. The molecular weight excluding hydrogens is 202 g/mol. The molecule has 0 aromatic carbocycles. The second-order valence-electron chi connectivity index (χ2n) is 4.71. The summed E-state index contributed by atoms with van der Waals surface area (Å²) in [6, 6.07) is -0.161. The Hall–Kier alpha value is -0.830. The van der Waals surface area contributed by atoms with Crippen LogP contribution >= 0.6 is 0 Å². The Balaban J connectivity index is 2.67. The first-order valence-electron chi connectivity index (χ1n) is 6.09. The van der Waals surface area contributed by atoms with E-state index < -0.39 is 0 Å². The van der Waals surface area contributed by atoms with Crippen molar-refractivity contribution in [2.45, 2.75) is 39.7 Å². The highest BCUT2D eigenvalue weighted by Crippen LogP contribution is 2.30. The van der Waals surface area contributed by atoms with Gasteiger partial charge in [-0.1, -0.05) is 18.6 Å². The van der Waals surface area contributed by atoms with Crippen molar-refractivity contribution >= 4 is 5.97 Å². The highest BCUT2D eigenvalue weighted by atomic mass is 16.5. The van der Waals surface area contributed by atoms with Gasteiger partial charge < -0.3 is 10.1 Å². The summed E-state index contributed by atoms with van der Waals surface area (Å²) < 4.78 is 5.10. The molecule has 1 aliphatic rings. The van der Waals surface area contributed by atoms with Crippen molar-refractivity contribution in [1.82, 2.24) is 5.32 Å². The van der Waals surface area contributed by atoms with E-state index in [1.54, 1.807) is 0 Å². The van der Waals surface area contributed by atoms with Crippen LogP contribution in [0.25, 0.3) is 0 Å². The van der Waals surface area contributed by atoms with Crippen molar-refractivity contribution in [3.8, 4) is 0 Å². The van der Waals surface area contributed by atoms with E-state index in [4.69, 9.17) is 4.74 Å². The molecule has 92 valence electrons. The number of carbonyl (C=O) groups excluding carboxylic acids is 1. The van der Waals surface area contributed by atoms with Gasteiger partial charge in [-0.15, -0.1) is 0 Å². The summed E-state index contributed by atoms with van der Waals surface area (Å²) in [4.78, 5) is 11.8. The normalized spacial score (nSPS) is 27.1. The van der Waals surface area contributed by atoms with E-state index in [0.717, 1.165) is 12.8 Å². The minimum absolute atomic E-state index is 0.114. The molecule has 0 aliphatic heterocycles. The lowest BCUT2D eigenvalue weighted by Gasteiger charge is -2.30. The lowest BCUT2D eigenvalue weighted by Crippen LogP contribution is -2.43. The van der Waals surface area contributed by atoms with Crippen molar-refractivity contribution in [2.24, 2.45) is 11.8 Å². The average Bonchev–Trinajstić information content (AvgIpc) is 2.17. The van der Waals surface area contributed by atoms with Crippen molar-refractivity contribution in [1.29, 1.82) is 0 Å². The molecule has 0 aromatic rings. The summed E-state index contributed by atoms with van der Waals surface area (Å²) in [6.45, 7) is 6.64. The van der Waals surface area contributed by atoms with Gasteiger partial charge >= 0.3 is 5.97 Å². The number of likely N-dealkylation sites (N-methyl/N-ethyl adjacent to an activating group) is 1. The summed E-state index contributed by atoms with van der Waals surface area (Å²) in [5, 5.41) is 3.10. The molecule has 0 fully saturated rings. The summed E-state index contributed by atoms with van der Waals surface area (Å²) in [6.07, 6.45) is 4.35. The highest BCUT2D eigenvalue weighted by Gasteiger charge is 2.31. The molecule has 0 amide bonds. The molecule has 1 aliphatic carbocycles. The fraction of sp³-hybridized carbons (Fsp3) is 0.769. The van der Waals surface area contributed by atoms with Crippen molar-refractivity contribution in [3.05, 3.63) is 11.6 Å². The number of esters is 1. The minimum Gasteiger partial charge on any atom is -0.465 e. The van der Waals surface area contributed by atoms with Crippen LogP contribution in [0.1, 0.15) is 33.6 Å². The molecule has 3 nitrogen and oxygen atoms in total. The first kappa shape index (κ1) is 13.2. The maximum atomic E-state index is 11.8. The molecule has 0 radical (unpaired) electrons. The molecule has 0 bridgehead atoms. The number of allylic oxidation sites excluding steroid dienone is 2. The van der Waals surface area contributed by atoms with E-state index >= 15 is 0 Å². The molecule has 1 N–H and O–H groups in total. The Morgan fingerprint density at radius 3 is 2.88 bits per heavy atom. The third-order valence-corrected chi connectivity index (χ3v) is 3.15. The fourth-order valence-electron chi connectivity index (χ4n) is 2.63. The highest BCUT2D eigenvalue weighted by molar-refractivity contribution is 5.76. The van der Waals surface area contributed by atoms with Gasteiger partial charge in [-0.3, -0.25) is 4.79 Å². The summed E-state index contributed by atoms with van der Waals surface area (Å²) in [5.74, 6) is 0.810. The number of hydrogen-bond donors (Lipinski definition) is 1. The second-order valence-corrected chi connectivity index (χ2v) is 4.71. The third kappa shape index (κ3) is 3.34. The Morgan fingerprint density at radius 2 is 2.38 bits per heavy atom. The summed E-state index contributed by atoms with van der Waals surface area (Å²) in [7, 11) is 1.83. The van der Waals surface area contributed by atoms with Gasteiger partial charge in [0.2, 0.25) is 0 Å². The van der Waals surface area contributed by atoms with Crippen LogP contribution in [0.2, 0.25) is 0 Å². The van der Waals surface area contributed by atoms with Crippen molar-refractivity contribution in [3.63, 3.8) is 0 Å². The number of ether oxygens (including phenoxy) is 1. The molecule has 0 heterocycles. The molecule has 0 saturated heterocycles. The molecule has 3 heteroatoms. The van der Waals surface area contributed by atoms with Crippen molar-refractivity contribution < 1.29 is 9.53 Å². The molecule has 16 heavy (non-hydrogen) atoms. The number of carbonyl (C=O) groups is 1. The van der Waals surface area contributed by atoms with Crippen LogP contribution in [0.3, 0.4) is 0 Å². The quantitative estimate of drug-likeness (QED) is 0.588. The predicted molar refractivity (Wildman–Crippen MR) is 65.1 cm³/mol. The number of hydrogen-bond acceptors (Lipinski definition) is 3. The van der Waals surface area contributed by atoms with Crippen LogP contribution in [0.4, 0.5) is 0 Å². The molecule has 0 saturated carbocycles. The molecule has 1 rings (SSSR count). The fourth-order valence-corrected chi connectivity index (χ4v) is 2.63. The molecule has 3 atom stereocenters. The Labute approximate surface area is 98.2 Å². The van der Waals surface area contributed by atoms with E-state index in [9.17, 15) is 4.79 Å². The van der Waals surface area contributed by atoms with Gasteiger partial charge in [0.15, 0.2) is 0 Å². The molecule has 3 unspecified atom stereocenters. The van der Waals surface area contributed by atoms with Crippen LogP contribution in [0, 0.1) is 11.8 Å². The molecule has 0 spiro atoms. The SMILES string of the molecule is CCOC(=O)C(NC)C1CC(C)=CC(C)C1. The molecule has 0 aromatic heterocycles. The average molecular weight is 225 g/mol. The van der Waals surface area contributed by atoms with Crippen LogP contribution in [-0.2, 0) is 9.53 Å². The lowest BCUT2D eigenvalue weighted by molar-refractivity contribution is -0.147. The summed E-state index contributed by atoms with van der Waals surface area (Å²) in [5.41, 5.74) is 1.38. The largest absolute Gasteiger partial charge is 0.465 e. The topological polar surface area (TPSA) is 38.3 Å². The van der Waals surface area contributed by atoms with Crippen LogP contribution < -0.4 is 5.32 Å². The lowest BCUT2D eigenvalue weighted by atomic mass is 9.79. The zero-order valence-electron chi connectivity index (χ0n) is 10.7. The zero-order chi connectivity index (χ0) is 12.1. The van der Waals surface area contributed by atoms with E-state index in [-0.39, 0.29) is 12.0 Å². The van der Waals surface area contributed by atoms with E-state index in [1.165, 1.54) is 5.57 Å². The molecular formula is C13H23NO2. The van der Waals surface area contributed by atoms with Gasteiger partial charge in [-0.25, -0.2) is 0 Å². The van der Waals surface area contributed by atoms with Gasteiger partial charge in [0.25, 0.3) is 0 Å². The van der Waals surface area contributed by atoms with E-state index in [0.29, 0.717) is 18.4 Å². The Kier molecular flexibility index (Phi) is 5.00. The van der Waals surface area contributed by atoms with Crippen LogP contribution in [0.15, 0.2) is 11.6 Å². The maximum Gasteiger partial charge on any atom is 0.323 e. The van der Waals surface area contributed by atoms with Gasteiger partial charge in [0, 0.05) is 0 Å². The van der Waals surface area contributed by atoms with E-state index in [1.807, 2.05) is 14.0 Å². The smallest absolute Gasteiger partial charge is 0.323 e.